The van der Waals surface area contributed by atoms with E-state index >= 15 is 0 Å². The Bertz CT molecular complexity index is 936. The Morgan fingerprint density at radius 3 is 2.57 bits per heavy atom. The van der Waals surface area contributed by atoms with E-state index in [9.17, 15) is 17.6 Å². The Labute approximate surface area is 164 Å². The highest BCUT2D eigenvalue weighted by Crippen LogP contribution is 2.16. The topological polar surface area (TPSA) is 75.3 Å². The van der Waals surface area contributed by atoms with Crippen LogP contribution in [-0.4, -0.2) is 63.3 Å². The molecule has 28 heavy (non-hydrogen) atoms. The highest BCUT2D eigenvalue weighted by Gasteiger charge is 2.31. The van der Waals surface area contributed by atoms with Crippen LogP contribution in [0.5, 0.6) is 0 Å². The fourth-order valence-electron chi connectivity index (χ4n) is 3.24. The van der Waals surface area contributed by atoms with Crippen molar-refractivity contribution in [2.75, 3.05) is 39.8 Å². The van der Waals surface area contributed by atoms with Gasteiger partial charge in [-0.1, -0.05) is 6.07 Å². The third-order valence-electron chi connectivity index (χ3n) is 4.88. The summed E-state index contributed by atoms with van der Waals surface area (Å²) < 4.78 is 45.5. The van der Waals surface area contributed by atoms with Gasteiger partial charge in [-0.2, -0.15) is 4.31 Å². The zero-order valence-corrected chi connectivity index (χ0v) is 16.8. The van der Waals surface area contributed by atoms with Gasteiger partial charge in [-0.3, -0.25) is 4.79 Å². The average Bonchev–Trinajstić information content (AvgIpc) is 3.07. The maximum atomic E-state index is 13.4. The van der Waals surface area contributed by atoms with Crippen LogP contribution in [0.4, 0.5) is 4.39 Å². The first-order valence-corrected chi connectivity index (χ1v) is 10.6. The van der Waals surface area contributed by atoms with E-state index < -0.39 is 15.8 Å². The summed E-state index contributed by atoms with van der Waals surface area (Å²) in [5, 5.41) is 0. The zero-order valence-electron chi connectivity index (χ0n) is 16.0. The van der Waals surface area contributed by atoms with Crippen molar-refractivity contribution in [3.8, 4) is 0 Å². The minimum atomic E-state index is -3.72. The predicted octanol–water partition coefficient (Wildman–Crippen LogP) is 0.275. The van der Waals surface area contributed by atoms with Gasteiger partial charge < -0.3 is 14.2 Å². The summed E-state index contributed by atoms with van der Waals surface area (Å²) in [6.45, 7) is 4.18. The van der Waals surface area contributed by atoms with Crippen LogP contribution in [0.25, 0.3) is 0 Å². The van der Waals surface area contributed by atoms with Gasteiger partial charge in [0.25, 0.3) is 5.91 Å². The molecule has 1 aliphatic rings. The van der Waals surface area contributed by atoms with Crippen molar-refractivity contribution >= 4 is 15.9 Å². The molecule has 0 saturated carbocycles. The monoisotopic (exact) mass is 410 g/mol. The number of carbonyl (C=O) groups is 1. The molecule has 0 atom stereocenters. The highest BCUT2D eigenvalue weighted by atomic mass is 32.2. The van der Waals surface area contributed by atoms with Crippen molar-refractivity contribution in [2.24, 2.45) is 0 Å². The zero-order chi connectivity index (χ0) is 20.3. The van der Waals surface area contributed by atoms with Crippen molar-refractivity contribution in [3.63, 3.8) is 0 Å². The van der Waals surface area contributed by atoms with Crippen LogP contribution >= 0.6 is 0 Å². The fourth-order valence-corrected chi connectivity index (χ4v) is 4.71. The number of aryl methyl sites for hydroxylation is 1. The van der Waals surface area contributed by atoms with Crippen molar-refractivity contribution in [1.29, 1.82) is 0 Å². The van der Waals surface area contributed by atoms with Crippen molar-refractivity contribution in [3.05, 3.63) is 53.7 Å². The third-order valence-corrected chi connectivity index (χ3v) is 6.77. The lowest BCUT2D eigenvalue weighted by molar-refractivity contribution is -0.896. The molecule has 9 heteroatoms. The molecule has 0 unspecified atom stereocenters. The van der Waals surface area contributed by atoms with Crippen LogP contribution in [0.15, 0.2) is 45.7 Å². The number of halogens is 1. The Morgan fingerprint density at radius 2 is 1.96 bits per heavy atom. The normalized spacial score (nSPS) is 16.2. The van der Waals surface area contributed by atoms with Crippen molar-refractivity contribution in [1.82, 2.24) is 9.21 Å². The van der Waals surface area contributed by atoms with E-state index in [4.69, 9.17) is 4.42 Å². The predicted molar refractivity (Wildman–Crippen MR) is 101 cm³/mol. The van der Waals surface area contributed by atoms with Crippen LogP contribution in [0.1, 0.15) is 11.5 Å². The highest BCUT2D eigenvalue weighted by molar-refractivity contribution is 7.89. The number of hydrogen-bond acceptors (Lipinski definition) is 4. The Kier molecular flexibility index (Phi) is 6.17. The molecule has 3 rings (SSSR count). The number of amides is 1. The van der Waals surface area contributed by atoms with E-state index in [0.717, 1.165) is 22.5 Å². The number of furan rings is 1. The molecule has 0 radical (unpaired) electrons. The van der Waals surface area contributed by atoms with Crippen LogP contribution in [0.2, 0.25) is 0 Å². The van der Waals surface area contributed by atoms with E-state index in [1.807, 2.05) is 19.1 Å². The van der Waals surface area contributed by atoms with E-state index in [2.05, 4.69) is 0 Å². The molecule has 2 heterocycles. The lowest BCUT2D eigenvalue weighted by atomic mass is 10.3. The minimum Gasteiger partial charge on any atom is -0.464 e. The first kappa shape index (κ1) is 20.5. The SMILES string of the molecule is Cc1ccc(CN(C)C(=O)C[NH+]2CCN(S(=O)(=O)c3cccc(F)c3)CC2)o1. The number of benzene rings is 1. The summed E-state index contributed by atoms with van der Waals surface area (Å²) in [6, 6.07) is 8.74. The van der Waals surface area contributed by atoms with Gasteiger partial charge in [0.2, 0.25) is 10.0 Å². The maximum absolute atomic E-state index is 13.4. The van der Waals surface area contributed by atoms with Gasteiger partial charge in [0.15, 0.2) is 6.54 Å². The van der Waals surface area contributed by atoms with Gasteiger partial charge in [-0.05, 0) is 37.3 Å². The summed E-state index contributed by atoms with van der Waals surface area (Å²) in [4.78, 5) is 15.0. The van der Waals surface area contributed by atoms with Gasteiger partial charge in [0.05, 0.1) is 37.6 Å². The number of quaternary nitrogens is 1. The molecule has 1 N–H and O–H groups in total. The molecule has 0 bridgehead atoms. The van der Waals surface area contributed by atoms with E-state index in [1.54, 1.807) is 11.9 Å². The van der Waals surface area contributed by atoms with Crippen LogP contribution in [0, 0.1) is 12.7 Å². The third kappa shape index (κ3) is 4.78. The van der Waals surface area contributed by atoms with Crippen LogP contribution in [-0.2, 0) is 21.4 Å². The molecule has 2 aromatic rings. The number of nitrogens with one attached hydrogen (secondary N) is 1. The second-order valence-corrected chi connectivity index (χ2v) is 8.99. The standard InChI is InChI=1S/C19H24FN3O4S/c1-15-6-7-17(27-15)13-21(2)19(24)14-22-8-10-23(11-9-22)28(25,26)18-5-3-4-16(20)12-18/h3-7,12H,8-11,13-14H2,1-2H3/p+1. The summed E-state index contributed by atoms with van der Waals surface area (Å²) >= 11 is 0. The first-order valence-electron chi connectivity index (χ1n) is 9.14. The Morgan fingerprint density at radius 1 is 1.25 bits per heavy atom. The number of hydrogen-bond donors (Lipinski definition) is 1. The number of piperazine rings is 1. The van der Waals surface area contributed by atoms with Gasteiger partial charge in [-0.25, -0.2) is 12.8 Å². The second-order valence-electron chi connectivity index (χ2n) is 7.05. The Hall–Kier alpha value is -2.23. The molecule has 1 aromatic heterocycles. The summed E-state index contributed by atoms with van der Waals surface area (Å²) in [5.41, 5.74) is 0. The second kappa shape index (κ2) is 8.42. The Balaban J connectivity index is 1.53. The molecule has 7 nitrogen and oxygen atoms in total. The molecule has 1 aromatic carbocycles. The van der Waals surface area contributed by atoms with Gasteiger partial charge in [-0.15, -0.1) is 0 Å². The lowest BCUT2D eigenvalue weighted by Crippen LogP contribution is -3.15. The van der Waals surface area contributed by atoms with E-state index in [0.29, 0.717) is 39.3 Å². The van der Waals surface area contributed by atoms with Gasteiger partial charge >= 0.3 is 0 Å². The van der Waals surface area contributed by atoms with Crippen molar-refractivity contribution < 1.29 is 26.9 Å². The quantitative estimate of drug-likeness (QED) is 0.742. The van der Waals surface area contributed by atoms with Gasteiger partial charge in [0.1, 0.15) is 17.3 Å². The molecule has 1 fully saturated rings. The molecule has 1 amide bonds. The van der Waals surface area contributed by atoms with Gasteiger partial charge in [0, 0.05) is 7.05 Å². The largest absolute Gasteiger partial charge is 0.464 e. The minimum absolute atomic E-state index is 0.0227. The maximum Gasteiger partial charge on any atom is 0.277 e. The van der Waals surface area contributed by atoms with E-state index in [-0.39, 0.29) is 10.8 Å². The number of rotatable bonds is 6. The number of carbonyl (C=O) groups excluding carboxylic acids is 1. The summed E-state index contributed by atoms with van der Waals surface area (Å²) in [7, 11) is -1.99. The number of likely N-dealkylation sites (N-methyl/N-ethyl adjacent to an activating group) is 1. The molecule has 1 saturated heterocycles. The summed E-state index contributed by atoms with van der Waals surface area (Å²) in [5.74, 6) is 0.933. The number of sulfonamides is 1. The first-order chi connectivity index (χ1) is 13.3. The molecule has 152 valence electrons. The lowest BCUT2D eigenvalue weighted by Gasteiger charge is -2.31. The molecular formula is C19H25FN3O4S+. The molecule has 1 aliphatic heterocycles. The van der Waals surface area contributed by atoms with Crippen molar-refractivity contribution in [2.45, 2.75) is 18.4 Å². The molecular weight excluding hydrogens is 385 g/mol. The molecule has 0 spiro atoms. The van der Waals surface area contributed by atoms with Crippen LogP contribution in [0.3, 0.4) is 0 Å². The average molecular weight is 410 g/mol. The van der Waals surface area contributed by atoms with E-state index in [1.165, 1.54) is 22.5 Å². The number of nitrogens with zero attached hydrogens (tertiary/aromatic N) is 2. The summed E-state index contributed by atoms with van der Waals surface area (Å²) in [6.07, 6.45) is 0. The molecule has 0 aliphatic carbocycles. The fraction of sp³-hybridized carbons (Fsp3) is 0.421. The van der Waals surface area contributed by atoms with Crippen LogP contribution < -0.4 is 4.90 Å². The smallest absolute Gasteiger partial charge is 0.277 e.